The summed E-state index contributed by atoms with van der Waals surface area (Å²) in [6.45, 7) is 0.631. The predicted octanol–water partition coefficient (Wildman–Crippen LogP) is 2.33. The lowest BCUT2D eigenvalue weighted by atomic mass is 9.98. The van der Waals surface area contributed by atoms with Crippen LogP contribution in [0.15, 0.2) is 24.3 Å². The summed E-state index contributed by atoms with van der Waals surface area (Å²) in [4.78, 5) is 12.0. The number of benzene rings is 1. The molecule has 0 saturated carbocycles. The zero-order chi connectivity index (χ0) is 14.0. The molecule has 7 heteroatoms. The van der Waals surface area contributed by atoms with Crippen LogP contribution in [0, 0.1) is 0 Å². The maximum Gasteiger partial charge on any atom is 0.416 e. The third kappa shape index (κ3) is 2.98. The summed E-state index contributed by atoms with van der Waals surface area (Å²) in [6, 6.07) is 4.60. The summed E-state index contributed by atoms with van der Waals surface area (Å²) < 4.78 is 38.7. The Kier molecular flexibility index (Phi) is 3.66. The molecule has 1 aromatic rings. The molecule has 1 saturated heterocycles. The molecule has 104 valence electrons. The van der Waals surface area contributed by atoms with Gasteiger partial charge >= 0.3 is 12.3 Å². The number of carbonyl (C=O) groups is 1. The highest BCUT2D eigenvalue weighted by Crippen LogP contribution is 2.35. The smallest absolute Gasteiger partial charge is 0.416 e. The summed E-state index contributed by atoms with van der Waals surface area (Å²) in [5.41, 5.74) is -0.638. The summed E-state index contributed by atoms with van der Waals surface area (Å²) >= 11 is 0. The third-order valence-electron chi connectivity index (χ3n) is 3.09. The van der Waals surface area contributed by atoms with Crippen molar-refractivity contribution in [3.05, 3.63) is 35.4 Å². The van der Waals surface area contributed by atoms with Crippen LogP contribution in [-0.2, 0) is 6.18 Å². The molecule has 2 rings (SSSR count). The van der Waals surface area contributed by atoms with Crippen molar-refractivity contribution in [1.29, 1.82) is 0 Å². The number of carboxylic acid groups (broad SMARTS) is 1. The maximum atomic E-state index is 12.9. The van der Waals surface area contributed by atoms with Gasteiger partial charge in [-0.15, -0.1) is 0 Å². The number of piperazine rings is 1. The van der Waals surface area contributed by atoms with Gasteiger partial charge in [0, 0.05) is 19.6 Å². The van der Waals surface area contributed by atoms with Gasteiger partial charge in [0.15, 0.2) is 0 Å². The topological polar surface area (TPSA) is 52.6 Å². The van der Waals surface area contributed by atoms with E-state index in [2.05, 4.69) is 5.32 Å². The molecule has 0 spiro atoms. The van der Waals surface area contributed by atoms with E-state index in [9.17, 15) is 18.0 Å². The number of amides is 1. The minimum Gasteiger partial charge on any atom is -0.465 e. The van der Waals surface area contributed by atoms with Gasteiger partial charge in [0.2, 0.25) is 0 Å². The van der Waals surface area contributed by atoms with E-state index >= 15 is 0 Å². The highest BCUT2D eigenvalue weighted by Gasteiger charge is 2.36. The molecule has 1 aromatic carbocycles. The average molecular weight is 274 g/mol. The molecule has 0 aliphatic carbocycles. The van der Waals surface area contributed by atoms with Crippen molar-refractivity contribution in [3.8, 4) is 0 Å². The Labute approximate surface area is 107 Å². The third-order valence-corrected chi connectivity index (χ3v) is 3.09. The Morgan fingerprint density at radius 1 is 1.37 bits per heavy atom. The molecule has 2 N–H and O–H groups in total. The first-order valence-electron chi connectivity index (χ1n) is 5.77. The summed E-state index contributed by atoms with van der Waals surface area (Å²) in [7, 11) is 0. The van der Waals surface area contributed by atoms with Gasteiger partial charge in [-0.1, -0.05) is 18.2 Å². The minimum absolute atomic E-state index is 0.0163. The van der Waals surface area contributed by atoms with Crippen molar-refractivity contribution in [2.45, 2.75) is 12.2 Å². The molecular weight excluding hydrogens is 261 g/mol. The van der Waals surface area contributed by atoms with E-state index in [0.29, 0.717) is 6.54 Å². The SMILES string of the molecule is O=C(O)N1CCNC(c2ccccc2C(F)(F)F)C1. The van der Waals surface area contributed by atoms with E-state index in [4.69, 9.17) is 5.11 Å². The zero-order valence-electron chi connectivity index (χ0n) is 9.94. The lowest BCUT2D eigenvalue weighted by Gasteiger charge is -2.33. The number of hydrogen-bond donors (Lipinski definition) is 2. The molecule has 1 aliphatic rings. The van der Waals surface area contributed by atoms with E-state index in [-0.39, 0.29) is 18.7 Å². The Hall–Kier alpha value is -1.76. The first-order valence-corrected chi connectivity index (χ1v) is 5.77. The molecule has 1 aliphatic heterocycles. The lowest BCUT2D eigenvalue weighted by molar-refractivity contribution is -0.138. The summed E-state index contributed by atoms with van der Waals surface area (Å²) in [5.74, 6) is 0. The molecule has 1 unspecified atom stereocenters. The fourth-order valence-corrected chi connectivity index (χ4v) is 2.19. The first kappa shape index (κ1) is 13.7. The Morgan fingerprint density at radius 3 is 2.68 bits per heavy atom. The second kappa shape index (κ2) is 5.08. The number of nitrogens with zero attached hydrogens (tertiary/aromatic N) is 1. The molecule has 1 amide bonds. The van der Waals surface area contributed by atoms with E-state index in [0.717, 1.165) is 11.0 Å². The van der Waals surface area contributed by atoms with Crippen LogP contribution in [0.4, 0.5) is 18.0 Å². The van der Waals surface area contributed by atoms with Crippen LogP contribution < -0.4 is 5.32 Å². The van der Waals surface area contributed by atoms with Gasteiger partial charge in [-0.05, 0) is 11.6 Å². The normalized spacial score (nSPS) is 20.4. The summed E-state index contributed by atoms with van der Waals surface area (Å²) in [5, 5.41) is 11.8. The van der Waals surface area contributed by atoms with Crippen molar-refractivity contribution in [3.63, 3.8) is 0 Å². The Morgan fingerprint density at radius 2 is 2.05 bits per heavy atom. The second-order valence-corrected chi connectivity index (χ2v) is 4.32. The van der Waals surface area contributed by atoms with Gasteiger partial charge in [0.05, 0.1) is 11.6 Å². The number of alkyl halides is 3. The van der Waals surface area contributed by atoms with Gasteiger partial charge < -0.3 is 15.3 Å². The van der Waals surface area contributed by atoms with Crippen molar-refractivity contribution >= 4 is 6.09 Å². The molecule has 0 radical (unpaired) electrons. The van der Waals surface area contributed by atoms with E-state index < -0.39 is 23.9 Å². The molecule has 1 fully saturated rings. The molecule has 1 heterocycles. The monoisotopic (exact) mass is 274 g/mol. The van der Waals surface area contributed by atoms with Crippen LogP contribution in [0.25, 0.3) is 0 Å². The molecule has 0 bridgehead atoms. The molecule has 0 aromatic heterocycles. The van der Waals surface area contributed by atoms with Gasteiger partial charge in [-0.25, -0.2) is 4.79 Å². The van der Waals surface area contributed by atoms with Crippen molar-refractivity contribution in [2.75, 3.05) is 19.6 Å². The highest BCUT2D eigenvalue weighted by molar-refractivity contribution is 5.65. The fourth-order valence-electron chi connectivity index (χ4n) is 2.19. The highest BCUT2D eigenvalue weighted by atomic mass is 19.4. The van der Waals surface area contributed by atoms with Crippen LogP contribution in [0.5, 0.6) is 0 Å². The zero-order valence-corrected chi connectivity index (χ0v) is 9.94. The molecule has 1 atom stereocenters. The number of nitrogens with one attached hydrogen (secondary N) is 1. The largest absolute Gasteiger partial charge is 0.465 e. The van der Waals surface area contributed by atoms with Gasteiger partial charge in [0.25, 0.3) is 0 Å². The molecular formula is C12H13F3N2O2. The van der Waals surface area contributed by atoms with Crippen LogP contribution in [0.1, 0.15) is 17.2 Å². The quantitative estimate of drug-likeness (QED) is 0.826. The second-order valence-electron chi connectivity index (χ2n) is 4.32. The van der Waals surface area contributed by atoms with E-state index in [1.165, 1.54) is 18.2 Å². The van der Waals surface area contributed by atoms with E-state index in [1.807, 2.05) is 0 Å². The number of halogens is 3. The van der Waals surface area contributed by atoms with Crippen molar-refractivity contribution < 1.29 is 23.1 Å². The Balaban J connectivity index is 2.29. The minimum atomic E-state index is -4.44. The number of hydrogen-bond acceptors (Lipinski definition) is 2. The molecule has 4 nitrogen and oxygen atoms in total. The Bertz CT molecular complexity index is 476. The van der Waals surface area contributed by atoms with Gasteiger partial charge in [-0.3, -0.25) is 0 Å². The maximum absolute atomic E-state index is 12.9. The fraction of sp³-hybridized carbons (Fsp3) is 0.417. The first-order chi connectivity index (χ1) is 8.89. The van der Waals surface area contributed by atoms with Crippen LogP contribution in [-0.4, -0.2) is 35.7 Å². The van der Waals surface area contributed by atoms with Gasteiger partial charge in [-0.2, -0.15) is 13.2 Å². The standard InChI is InChI=1S/C12H13F3N2O2/c13-12(14,15)9-4-2-1-3-8(9)10-7-17(11(18)19)6-5-16-10/h1-4,10,16H,5-7H2,(H,18,19). The van der Waals surface area contributed by atoms with E-state index in [1.54, 1.807) is 0 Å². The van der Waals surface area contributed by atoms with Gasteiger partial charge in [0.1, 0.15) is 0 Å². The van der Waals surface area contributed by atoms with Crippen molar-refractivity contribution in [1.82, 2.24) is 10.2 Å². The van der Waals surface area contributed by atoms with Crippen molar-refractivity contribution in [2.24, 2.45) is 0 Å². The average Bonchev–Trinajstić information content (AvgIpc) is 2.38. The van der Waals surface area contributed by atoms with Crippen LogP contribution >= 0.6 is 0 Å². The predicted molar refractivity (Wildman–Crippen MR) is 61.8 cm³/mol. The molecule has 19 heavy (non-hydrogen) atoms. The summed E-state index contributed by atoms with van der Waals surface area (Å²) in [6.07, 6.45) is -5.56. The van der Waals surface area contributed by atoms with Crippen LogP contribution in [0.2, 0.25) is 0 Å². The number of rotatable bonds is 1. The van der Waals surface area contributed by atoms with Crippen LogP contribution in [0.3, 0.4) is 0 Å². The lowest BCUT2D eigenvalue weighted by Crippen LogP contribution is -2.48.